The van der Waals surface area contributed by atoms with Crippen LogP contribution in [0.1, 0.15) is 42.1 Å². The number of furan rings is 1. The highest BCUT2D eigenvalue weighted by Gasteiger charge is 2.35. The van der Waals surface area contributed by atoms with E-state index in [9.17, 15) is 14.4 Å². The maximum absolute atomic E-state index is 12.9. The molecule has 1 N–H and O–H groups in total. The van der Waals surface area contributed by atoms with Crippen LogP contribution in [0.5, 0.6) is 11.5 Å². The molecular formula is C22H23ClN2O7. The number of rotatable bonds is 8. The van der Waals surface area contributed by atoms with Crippen LogP contribution in [-0.4, -0.2) is 43.1 Å². The van der Waals surface area contributed by atoms with Crippen LogP contribution in [0.3, 0.4) is 0 Å². The molecule has 1 saturated heterocycles. The highest BCUT2D eigenvalue weighted by atomic mass is 35.5. The maximum Gasteiger partial charge on any atom is 0.373 e. The van der Waals surface area contributed by atoms with Gasteiger partial charge in [-0.1, -0.05) is 18.5 Å². The molecule has 2 aromatic rings. The summed E-state index contributed by atoms with van der Waals surface area (Å²) in [6.07, 6.45) is 2.12. The second-order valence-corrected chi connectivity index (χ2v) is 7.44. The molecular weight excluding hydrogens is 440 g/mol. The molecule has 10 heteroatoms. The van der Waals surface area contributed by atoms with Crippen LogP contribution in [0, 0.1) is 0 Å². The Labute approximate surface area is 189 Å². The molecule has 1 unspecified atom stereocenters. The number of nitrogens with zero attached hydrogens (tertiary/aromatic N) is 1. The standard InChI is InChI=1S/C22H23ClN2O7/c1-5-12(2)31-19-13(8-14(23)10-18(19)29-3)9-16-20(26)25(22(28)24-16)11-15-6-7-17(32-15)21(27)30-4/h6-10,12H,5,11H2,1-4H3,(H,24,28). The van der Waals surface area contributed by atoms with Crippen molar-refractivity contribution in [1.29, 1.82) is 0 Å². The van der Waals surface area contributed by atoms with Crippen molar-refractivity contribution in [3.05, 3.63) is 52.1 Å². The van der Waals surface area contributed by atoms with Crippen molar-refractivity contribution in [3.8, 4) is 11.5 Å². The van der Waals surface area contributed by atoms with Gasteiger partial charge in [0.05, 0.1) is 26.9 Å². The van der Waals surface area contributed by atoms with Crippen LogP contribution in [0.25, 0.3) is 6.08 Å². The average molecular weight is 463 g/mol. The number of imide groups is 1. The predicted molar refractivity (Wildman–Crippen MR) is 115 cm³/mol. The van der Waals surface area contributed by atoms with Crippen molar-refractivity contribution in [1.82, 2.24) is 10.2 Å². The van der Waals surface area contributed by atoms with Gasteiger partial charge in [0, 0.05) is 16.7 Å². The molecule has 1 atom stereocenters. The number of amides is 3. The van der Waals surface area contributed by atoms with Crippen LogP contribution >= 0.6 is 11.6 Å². The number of hydrogen-bond donors (Lipinski definition) is 1. The van der Waals surface area contributed by atoms with E-state index in [-0.39, 0.29) is 29.9 Å². The molecule has 0 bridgehead atoms. The van der Waals surface area contributed by atoms with Gasteiger partial charge >= 0.3 is 12.0 Å². The van der Waals surface area contributed by atoms with Crippen molar-refractivity contribution in [2.45, 2.75) is 32.9 Å². The quantitative estimate of drug-likeness (QED) is 0.359. The van der Waals surface area contributed by atoms with E-state index in [4.69, 9.17) is 25.5 Å². The van der Waals surface area contributed by atoms with Crippen LogP contribution in [0.2, 0.25) is 5.02 Å². The molecule has 3 rings (SSSR count). The lowest BCUT2D eigenvalue weighted by atomic mass is 10.1. The van der Waals surface area contributed by atoms with Gasteiger partial charge < -0.3 is 23.9 Å². The van der Waals surface area contributed by atoms with E-state index in [0.29, 0.717) is 22.1 Å². The minimum atomic E-state index is -0.655. The Hall–Kier alpha value is -3.46. The first-order valence-corrected chi connectivity index (χ1v) is 10.2. The van der Waals surface area contributed by atoms with Gasteiger partial charge in [0.2, 0.25) is 5.76 Å². The average Bonchev–Trinajstić information content (AvgIpc) is 3.35. The van der Waals surface area contributed by atoms with Gasteiger partial charge in [-0.2, -0.15) is 0 Å². The molecule has 1 aromatic carbocycles. The molecule has 1 aliphatic rings. The van der Waals surface area contributed by atoms with Gasteiger partial charge in [-0.15, -0.1) is 0 Å². The molecule has 0 saturated carbocycles. The summed E-state index contributed by atoms with van der Waals surface area (Å²) >= 11 is 6.20. The summed E-state index contributed by atoms with van der Waals surface area (Å²) in [7, 11) is 2.71. The molecule has 1 aliphatic heterocycles. The topological polar surface area (TPSA) is 107 Å². The van der Waals surface area contributed by atoms with Gasteiger partial charge in [0.1, 0.15) is 11.5 Å². The number of nitrogens with one attached hydrogen (secondary N) is 1. The lowest BCUT2D eigenvalue weighted by Crippen LogP contribution is -2.30. The molecule has 0 aliphatic carbocycles. The van der Waals surface area contributed by atoms with Gasteiger partial charge in [0.25, 0.3) is 5.91 Å². The van der Waals surface area contributed by atoms with Gasteiger partial charge in [-0.05, 0) is 37.6 Å². The molecule has 0 spiro atoms. The van der Waals surface area contributed by atoms with E-state index in [1.165, 1.54) is 32.4 Å². The molecule has 1 fully saturated rings. The second-order valence-electron chi connectivity index (χ2n) is 7.00. The first-order valence-electron chi connectivity index (χ1n) is 9.83. The third-order valence-electron chi connectivity index (χ3n) is 4.79. The highest BCUT2D eigenvalue weighted by molar-refractivity contribution is 6.31. The first-order chi connectivity index (χ1) is 15.3. The maximum atomic E-state index is 12.9. The number of hydrogen-bond acceptors (Lipinski definition) is 7. The summed E-state index contributed by atoms with van der Waals surface area (Å²) < 4.78 is 21.3. The fraction of sp³-hybridized carbons (Fsp3) is 0.318. The Balaban J connectivity index is 1.89. The molecule has 0 radical (unpaired) electrons. The number of esters is 1. The number of methoxy groups -OCH3 is 2. The largest absolute Gasteiger partial charge is 0.493 e. The van der Waals surface area contributed by atoms with E-state index in [0.717, 1.165) is 11.3 Å². The summed E-state index contributed by atoms with van der Waals surface area (Å²) in [4.78, 5) is 37.8. The van der Waals surface area contributed by atoms with Crippen molar-refractivity contribution < 1.29 is 33.0 Å². The third-order valence-corrected chi connectivity index (χ3v) is 5.00. The minimum absolute atomic E-state index is 0.0248. The van der Waals surface area contributed by atoms with E-state index in [2.05, 4.69) is 10.1 Å². The Morgan fingerprint density at radius 1 is 1.28 bits per heavy atom. The lowest BCUT2D eigenvalue weighted by molar-refractivity contribution is -0.123. The van der Waals surface area contributed by atoms with Gasteiger partial charge in [-0.3, -0.25) is 9.69 Å². The Morgan fingerprint density at radius 3 is 2.69 bits per heavy atom. The van der Waals surface area contributed by atoms with E-state index >= 15 is 0 Å². The predicted octanol–water partition coefficient (Wildman–Crippen LogP) is 4.00. The van der Waals surface area contributed by atoms with Crippen LogP contribution in [0.15, 0.2) is 34.4 Å². The van der Waals surface area contributed by atoms with Crippen molar-refractivity contribution >= 4 is 35.6 Å². The molecule has 1 aromatic heterocycles. The zero-order valence-corrected chi connectivity index (χ0v) is 18.8. The van der Waals surface area contributed by atoms with Crippen LogP contribution in [-0.2, 0) is 16.1 Å². The van der Waals surface area contributed by atoms with Gasteiger partial charge in [-0.25, -0.2) is 9.59 Å². The number of carbonyl (C=O) groups is 3. The number of ether oxygens (including phenoxy) is 3. The molecule has 170 valence electrons. The minimum Gasteiger partial charge on any atom is -0.493 e. The number of halogens is 1. The number of urea groups is 1. The zero-order valence-electron chi connectivity index (χ0n) is 18.1. The normalized spacial score (nSPS) is 15.7. The Morgan fingerprint density at radius 2 is 2.03 bits per heavy atom. The Bertz CT molecular complexity index is 1080. The fourth-order valence-corrected chi connectivity index (χ4v) is 3.17. The number of benzene rings is 1. The summed E-state index contributed by atoms with van der Waals surface area (Å²) in [5, 5.41) is 2.92. The van der Waals surface area contributed by atoms with E-state index in [1.807, 2.05) is 13.8 Å². The lowest BCUT2D eigenvalue weighted by Gasteiger charge is -2.18. The first kappa shape index (κ1) is 23.2. The molecule has 32 heavy (non-hydrogen) atoms. The molecule has 3 amide bonds. The van der Waals surface area contributed by atoms with Crippen molar-refractivity contribution in [3.63, 3.8) is 0 Å². The molecule has 2 heterocycles. The summed E-state index contributed by atoms with van der Waals surface area (Å²) in [5.41, 5.74) is 0.513. The van der Waals surface area contributed by atoms with Crippen molar-refractivity contribution in [2.24, 2.45) is 0 Å². The Kier molecular flexibility index (Phi) is 7.09. The fourth-order valence-electron chi connectivity index (χ4n) is 2.96. The van der Waals surface area contributed by atoms with Gasteiger partial charge in [0.15, 0.2) is 11.5 Å². The zero-order chi connectivity index (χ0) is 23.4. The van der Waals surface area contributed by atoms with E-state index in [1.54, 1.807) is 12.1 Å². The van der Waals surface area contributed by atoms with Crippen LogP contribution in [0.4, 0.5) is 4.79 Å². The van der Waals surface area contributed by atoms with Crippen molar-refractivity contribution in [2.75, 3.05) is 14.2 Å². The monoisotopic (exact) mass is 462 g/mol. The number of carbonyl (C=O) groups excluding carboxylic acids is 3. The summed E-state index contributed by atoms with van der Waals surface area (Å²) in [5.74, 6) is -0.182. The summed E-state index contributed by atoms with van der Waals surface area (Å²) in [6, 6.07) is 5.50. The van der Waals surface area contributed by atoms with E-state index < -0.39 is 17.9 Å². The SMILES string of the molecule is CCC(C)Oc1c(C=C2NC(=O)N(Cc3ccc(C(=O)OC)o3)C2=O)cc(Cl)cc1OC. The highest BCUT2D eigenvalue weighted by Crippen LogP contribution is 2.37. The summed E-state index contributed by atoms with van der Waals surface area (Å²) in [6.45, 7) is 3.72. The van der Waals surface area contributed by atoms with Crippen LogP contribution < -0.4 is 14.8 Å². The smallest absolute Gasteiger partial charge is 0.373 e. The third kappa shape index (κ3) is 4.88. The second kappa shape index (κ2) is 9.78. The molecule has 9 nitrogen and oxygen atoms in total.